The zero-order valence-corrected chi connectivity index (χ0v) is 16.7. The molecule has 25 heavy (non-hydrogen) atoms. The summed E-state index contributed by atoms with van der Waals surface area (Å²) in [6, 6.07) is 16.5. The van der Waals surface area contributed by atoms with Crippen LogP contribution in [0.15, 0.2) is 58.4 Å². The quantitative estimate of drug-likeness (QED) is 0.602. The highest BCUT2D eigenvalue weighted by Gasteiger charge is 2.35. The SMILES string of the molecule is Cl.Clc1cccc(Cl)c1SC1CCCN2CC(c3ccccc3)N=C12. The van der Waals surface area contributed by atoms with Crippen molar-refractivity contribution in [2.24, 2.45) is 4.99 Å². The molecule has 2 heterocycles. The lowest BCUT2D eigenvalue weighted by Crippen LogP contribution is -2.40. The van der Waals surface area contributed by atoms with Crippen LogP contribution in [-0.4, -0.2) is 29.1 Å². The van der Waals surface area contributed by atoms with Crippen molar-refractivity contribution >= 4 is 53.2 Å². The molecule has 1 fully saturated rings. The van der Waals surface area contributed by atoms with Gasteiger partial charge in [0.1, 0.15) is 5.84 Å². The van der Waals surface area contributed by atoms with Gasteiger partial charge in [-0.25, -0.2) is 0 Å². The molecule has 2 aromatic rings. The fraction of sp³-hybridized carbons (Fsp3) is 0.316. The Bertz CT molecular complexity index is 746. The second-order valence-corrected chi connectivity index (χ2v) is 8.19. The van der Waals surface area contributed by atoms with Gasteiger partial charge < -0.3 is 4.90 Å². The van der Waals surface area contributed by atoms with E-state index in [1.807, 2.05) is 18.2 Å². The van der Waals surface area contributed by atoms with Crippen molar-refractivity contribution in [2.75, 3.05) is 13.1 Å². The summed E-state index contributed by atoms with van der Waals surface area (Å²) in [6.45, 7) is 2.07. The first-order valence-corrected chi connectivity index (χ1v) is 9.84. The van der Waals surface area contributed by atoms with Crippen molar-refractivity contribution in [2.45, 2.75) is 29.0 Å². The van der Waals surface area contributed by atoms with Crippen LogP contribution in [0.1, 0.15) is 24.4 Å². The second-order valence-electron chi connectivity index (χ2n) is 6.16. The van der Waals surface area contributed by atoms with Crippen LogP contribution < -0.4 is 0 Å². The van der Waals surface area contributed by atoms with E-state index < -0.39 is 0 Å². The molecule has 2 aliphatic rings. The zero-order chi connectivity index (χ0) is 16.5. The Kier molecular flexibility index (Phi) is 6.21. The van der Waals surface area contributed by atoms with Crippen LogP contribution in [0.4, 0.5) is 0 Å². The Hall–Kier alpha value is -0.870. The third-order valence-corrected chi connectivity index (χ3v) is 6.81. The van der Waals surface area contributed by atoms with Crippen molar-refractivity contribution in [3.05, 3.63) is 64.1 Å². The number of thioether (sulfide) groups is 1. The summed E-state index contributed by atoms with van der Waals surface area (Å²) in [6.07, 6.45) is 2.29. The van der Waals surface area contributed by atoms with E-state index in [0.717, 1.165) is 34.5 Å². The molecule has 0 radical (unpaired) electrons. The maximum atomic E-state index is 6.36. The Morgan fingerprint density at radius 1 is 1.00 bits per heavy atom. The van der Waals surface area contributed by atoms with Crippen LogP contribution in [0.5, 0.6) is 0 Å². The molecule has 1 saturated heterocycles. The molecule has 0 saturated carbocycles. The van der Waals surface area contributed by atoms with E-state index in [2.05, 4.69) is 35.2 Å². The molecule has 2 aromatic carbocycles. The third kappa shape index (κ3) is 3.95. The summed E-state index contributed by atoms with van der Waals surface area (Å²) in [5.74, 6) is 1.20. The van der Waals surface area contributed by atoms with Crippen LogP contribution >= 0.6 is 47.4 Å². The number of fused-ring (bicyclic) bond motifs is 1. The predicted molar refractivity (Wildman–Crippen MR) is 111 cm³/mol. The molecule has 0 aliphatic carbocycles. The zero-order valence-electron chi connectivity index (χ0n) is 13.6. The fourth-order valence-electron chi connectivity index (χ4n) is 3.38. The summed E-state index contributed by atoms with van der Waals surface area (Å²) >= 11 is 14.5. The van der Waals surface area contributed by atoms with Gasteiger partial charge in [-0.3, -0.25) is 4.99 Å². The van der Waals surface area contributed by atoms with Crippen LogP contribution in [0.2, 0.25) is 10.0 Å². The number of hydrogen-bond acceptors (Lipinski definition) is 3. The van der Waals surface area contributed by atoms with Crippen LogP contribution in [0.25, 0.3) is 0 Å². The second kappa shape index (κ2) is 8.22. The van der Waals surface area contributed by atoms with Crippen LogP contribution in [0.3, 0.4) is 0 Å². The lowest BCUT2D eigenvalue weighted by molar-refractivity contribution is 0.387. The predicted octanol–water partition coefficient (Wildman–Crippen LogP) is 6.13. The topological polar surface area (TPSA) is 15.6 Å². The van der Waals surface area contributed by atoms with Crippen molar-refractivity contribution in [3.8, 4) is 0 Å². The molecule has 0 aromatic heterocycles. The van der Waals surface area contributed by atoms with E-state index >= 15 is 0 Å². The molecule has 2 atom stereocenters. The first-order valence-electron chi connectivity index (χ1n) is 8.20. The molecular weight excluding hydrogens is 395 g/mol. The lowest BCUT2D eigenvalue weighted by Gasteiger charge is -2.31. The highest BCUT2D eigenvalue weighted by atomic mass is 35.5. The Morgan fingerprint density at radius 3 is 2.44 bits per heavy atom. The fourth-order valence-corrected chi connectivity index (χ4v) is 5.29. The standard InChI is InChI=1S/C19H18Cl2N2S.ClH/c20-14-8-4-9-15(21)18(14)24-17-10-5-11-23-12-16(22-19(17)23)13-6-2-1-3-7-13;/h1-4,6-9,16-17H,5,10-12H2;1H. The van der Waals surface area contributed by atoms with Gasteiger partial charge in [0.05, 0.1) is 21.3 Å². The number of rotatable bonds is 3. The highest BCUT2D eigenvalue weighted by molar-refractivity contribution is 8.00. The van der Waals surface area contributed by atoms with Gasteiger partial charge in [-0.1, -0.05) is 59.6 Å². The van der Waals surface area contributed by atoms with E-state index in [9.17, 15) is 0 Å². The average molecular weight is 414 g/mol. The van der Waals surface area contributed by atoms with E-state index in [4.69, 9.17) is 28.2 Å². The first kappa shape index (κ1) is 18.9. The monoisotopic (exact) mass is 412 g/mol. The summed E-state index contributed by atoms with van der Waals surface area (Å²) in [7, 11) is 0. The van der Waals surface area contributed by atoms with Crippen molar-refractivity contribution in [1.82, 2.24) is 4.90 Å². The number of halogens is 3. The summed E-state index contributed by atoms with van der Waals surface area (Å²) in [5, 5.41) is 1.77. The molecule has 0 spiro atoms. The third-order valence-electron chi connectivity index (χ3n) is 4.55. The number of aliphatic imine (C=N–C) groups is 1. The molecule has 132 valence electrons. The molecule has 0 bridgehead atoms. The molecule has 2 nitrogen and oxygen atoms in total. The Labute approximate surface area is 169 Å². The van der Waals surface area contributed by atoms with Crippen molar-refractivity contribution < 1.29 is 0 Å². The Balaban J connectivity index is 0.00000182. The van der Waals surface area contributed by atoms with Gasteiger partial charge in [-0.2, -0.15) is 0 Å². The number of hydrogen-bond donors (Lipinski definition) is 0. The molecule has 4 rings (SSSR count). The lowest BCUT2D eigenvalue weighted by atomic mass is 10.1. The first-order chi connectivity index (χ1) is 11.7. The van der Waals surface area contributed by atoms with Crippen molar-refractivity contribution in [1.29, 1.82) is 0 Å². The number of amidine groups is 1. The summed E-state index contributed by atoms with van der Waals surface area (Å²) in [5.41, 5.74) is 1.29. The van der Waals surface area contributed by atoms with Gasteiger partial charge in [0.25, 0.3) is 0 Å². The minimum Gasteiger partial charge on any atom is -0.357 e. The van der Waals surface area contributed by atoms with Gasteiger partial charge in [-0.15, -0.1) is 24.2 Å². The number of nitrogens with zero attached hydrogens (tertiary/aromatic N) is 2. The minimum atomic E-state index is 0. The van der Waals surface area contributed by atoms with Gasteiger partial charge in [-0.05, 0) is 30.5 Å². The van der Waals surface area contributed by atoms with Crippen molar-refractivity contribution in [3.63, 3.8) is 0 Å². The van der Waals surface area contributed by atoms with Gasteiger partial charge >= 0.3 is 0 Å². The molecule has 6 heteroatoms. The summed E-state index contributed by atoms with van der Waals surface area (Å²) in [4.78, 5) is 8.46. The average Bonchev–Trinajstić information content (AvgIpc) is 3.04. The number of piperidine rings is 1. The van der Waals surface area contributed by atoms with Crippen LogP contribution in [-0.2, 0) is 0 Å². The maximum Gasteiger partial charge on any atom is 0.113 e. The molecule has 2 aliphatic heterocycles. The smallest absolute Gasteiger partial charge is 0.113 e. The van der Waals surface area contributed by atoms with E-state index in [1.165, 1.54) is 17.8 Å². The highest BCUT2D eigenvalue weighted by Crippen LogP contribution is 2.41. The van der Waals surface area contributed by atoms with Gasteiger partial charge in [0, 0.05) is 18.0 Å². The number of benzene rings is 2. The molecular formula is C19H19Cl3N2S. The molecule has 2 unspecified atom stereocenters. The van der Waals surface area contributed by atoms with Crippen LogP contribution in [0, 0.1) is 0 Å². The van der Waals surface area contributed by atoms with Gasteiger partial charge in [0.15, 0.2) is 0 Å². The van der Waals surface area contributed by atoms with E-state index in [0.29, 0.717) is 5.25 Å². The minimum absolute atomic E-state index is 0. The molecule has 0 amide bonds. The maximum absolute atomic E-state index is 6.36. The Morgan fingerprint density at radius 2 is 1.72 bits per heavy atom. The van der Waals surface area contributed by atoms with E-state index in [-0.39, 0.29) is 18.4 Å². The summed E-state index contributed by atoms with van der Waals surface area (Å²) < 4.78 is 0. The normalized spacial score (nSPS) is 22.2. The molecule has 0 N–H and O–H groups in total. The van der Waals surface area contributed by atoms with E-state index in [1.54, 1.807) is 11.8 Å². The largest absolute Gasteiger partial charge is 0.357 e. The van der Waals surface area contributed by atoms with Gasteiger partial charge in [0.2, 0.25) is 0 Å².